The molecule has 0 saturated heterocycles. The number of pyridine rings is 1. The number of rotatable bonds is 4. The maximum Gasteiger partial charge on any atom is 0.269 e. The van der Waals surface area contributed by atoms with Crippen molar-refractivity contribution in [3.8, 4) is 17.3 Å². The molecule has 0 aliphatic carbocycles. The van der Waals surface area contributed by atoms with Gasteiger partial charge in [0.2, 0.25) is 5.91 Å². The Morgan fingerprint density at radius 2 is 1.96 bits per heavy atom. The van der Waals surface area contributed by atoms with E-state index in [0.29, 0.717) is 11.3 Å². The number of likely N-dealkylation sites (N-methyl/N-ethyl adjacent to an activating group) is 1. The number of carbonyl (C=O) groups excluding carboxylic acids is 1. The van der Waals surface area contributed by atoms with Crippen LogP contribution in [0.25, 0.3) is 11.3 Å². The first-order chi connectivity index (χ1) is 11.0. The Bertz CT molecular complexity index is 863. The summed E-state index contributed by atoms with van der Waals surface area (Å²) in [6, 6.07) is 10.3. The van der Waals surface area contributed by atoms with Crippen LogP contribution in [0.3, 0.4) is 0 Å². The van der Waals surface area contributed by atoms with Crippen LogP contribution in [0.15, 0.2) is 41.2 Å². The first-order valence-electron chi connectivity index (χ1n) is 6.57. The van der Waals surface area contributed by atoms with Crippen molar-refractivity contribution in [2.45, 2.75) is 6.54 Å². The Kier molecular flexibility index (Phi) is 4.52. The zero-order valence-corrected chi connectivity index (χ0v) is 12.1. The van der Waals surface area contributed by atoms with Crippen LogP contribution in [0.4, 0.5) is 5.69 Å². The van der Waals surface area contributed by atoms with E-state index in [-0.39, 0.29) is 17.8 Å². The van der Waals surface area contributed by atoms with E-state index in [9.17, 15) is 19.7 Å². The lowest BCUT2D eigenvalue weighted by molar-refractivity contribution is -0.384. The smallest absolute Gasteiger partial charge is 0.269 e. The number of nitro benzene ring substituents is 1. The molecule has 8 heteroatoms. The Balaban J connectivity index is 2.59. The van der Waals surface area contributed by atoms with Crippen molar-refractivity contribution >= 4 is 11.6 Å². The lowest BCUT2D eigenvalue weighted by atomic mass is 10.1. The molecule has 0 bridgehead atoms. The van der Waals surface area contributed by atoms with Crippen molar-refractivity contribution in [3.63, 3.8) is 0 Å². The molecule has 2 rings (SSSR count). The molecule has 1 heterocycles. The van der Waals surface area contributed by atoms with Crippen molar-refractivity contribution in [2.24, 2.45) is 0 Å². The fourth-order valence-corrected chi connectivity index (χ4v) is 2.05. The Labute approximate surface area is 130 Å². The highest BCUT2D eigenvalue weighted by atomic mass is 16.6. The van der Waals surface area contributed by atoms with Gasteiger partial charge in [0.1, 0.15) is 18.2 Å². The van der Waals surface area contributed by atoms with Crippen LogP contribution < -0.4 is 10.9 Å². The topological polar surface area (TPSA) is 118 Å². The molecule has 1 aromatic heterocycles. The van der Waals surface area contributed by atoms with Crippen LogP contribution in [-0.4, -0.2) is 22.4 Å². The van der Waals surface area contributed by atoms with Gasteiger partial charge in [-0.05, 0) is 29.8 Å². The molecule has 0 fully saturated rings. The Morgan fingerprint density at radius 1 is 1.30 bits per heavy atom. The Morgan fingerprint density at radius 3 is 2.48 bits per heavy atom. The van der Waals surface area contributed by atoms with Gasteiger partial charge >= 0.3 is 0 Å². The summed E-state index contributed by atoms with van der Waals surface area (Å²) >= 11 is 0. The fraction of sp³-hybridized carbons (Fsp3) is 0.133. The monoisotopic (exact) mass is 312 g/mol. The highest BCUT2D eigenvalue weighted by Gasteiger charge is 2.14. The van der Waals surface area contributed by atoms with Gasteiger partial charge in [0.05, 0.1) is 10.6 Å². The normalized spacial score (nSPS) is 9.91. The molecule has 0 unspecified atom stereocenters. The molecular weight excluding hydrogens is 300 g/mol. The number of nitro groups is 1. The number of non-ortho nitro benzene ring substituents is 1. The van der Waals surface area contributed by atoms with E-state index in [2.05, 4.69) is 5.32 Å². The first-order valence-corrected chi connectivity index (χ1v) is 6.57. The second kappa shape index (κ2) is 6.53. The lowest BCUT2D eigenvalue weighted by Crippen LogP contribution is -2.32. The highest BCUT2D eigenvalue weighted by Crippen LogP contribution is 2.21. The highest BCUT2D eigenvalue weighted by molar-refractivity contribution is 5.76. The predicted octanol–water partition coefficient (Wildman–Crippen LogP) is 1.04. The summed E-state index contributed by atoms with van der Waals surface area (Å²) in [5.41, 5.74) is 0.169. The largest absolute Gasteiger partial charge is 0.358 e. The molecule has 0 aliphatic rings. The number of nitrogens with zero attached hydrogens (tertiary/aromatic N) is 3. The Hall–Kier alpha value is -3.47. The summed E-state index contributed by atoms with van der Waals surface area (Å²) < 4.78 is 1.17. The third-order valence-corrected chi connectivity index (χ3v) is 3.25. The van der Waals surface area contributed by atoms with Gasteiger partial charge in [-0.15, -0.1) is 0 Å². The summed E-state index contributed by atoms with van der Waals surface area (Å²) in [6.07, 6.45) is 0. The zero-order valence-electron chi connectivity index (χ0n) is 12.1. The number of nitrogens with one attached hydrogen (secondary N) is 1. The lowest BCUT2D eigenvalue weighted by Gasteiger charge is -2.12. The maximum atomic E-state index is 12.3. The van der Waals surface area contributed by atoms with E-state index in [0.717, 1.165) is 0 Å². The van der Waals surface area contributed by atoms with Crippen molar-refractivity contribution in [3.05, 3.63) is 62.4 Å². The molecule has 0 radical (unpaired) electrons. The number of hydrogen-bond acceptors (Lipinski definition) is 5. The van der Waals surface area contributed by atoms with E-state index >= 15 is 0 Å². The first kappa shape index (κ1) is 15.9. The van der Waals surface area contributed by atoms with Gasteiger partial charge in [-0.3, -0.25) is 24.3 Å². The molecule has 0 saturated carbocycles. The minimum Gasteiger partial charge on any atom is -0.358 e. The maximum absolute atomic E-state index is 12.3. The number of benzene rings is 1. The van der Waals surface area contributed by atoms with Crippen LogP contribution >= 0.6 is 0 Å². The molecule has 116 valence electrons. The van der Waals surface area contributed by atoms with E-state index in [1.165, 1.54) is 48.0 Å². The molecule has 1 amide bonds. The molecule has 0 aliphatic heterocycles. The predicted molar refractivity (Wildman–Crippen MR) is 81.6 cm³/mol. The summed E-state index contributed by atoms with van der Waals surface area (Å²) in [5, 5.41) is 22.1. The summed E-state index contributed by atoms with van der Waals surface area (Å²) in [5.74, 6) is -0.398. The average Bonchev–Trinajstić information content (AvgIpc) is 2.56. The van der Waals surface area contributed by atoms with Crippen molar-refractivity contribution in [1.29, 1.82) is 5.26 Å². The number of carbonyl (C=O) groups is 1. The van der Waals surface area contributed by atoms with Crippen molar-refractivity contribution in [2.75, 3.05) is 7.05 Å². The molecule has 0 spiro atoms. The van der Waals surface area contributed by atoms with Gasteiger partial charge in [-0.1, -0.05) is 0 Å². The summed E-state index contributed by atoms with van der Waals surface area (Å²) in [7, 11) is 1.44. The molecule has 2 aromatic rings. The quantitative estimate of drug-likeness (QED) is 0.668. The van der Waals surface area contributed by atoms with Gasteiger partial charge < -0.3 is 5.32 Å². The van der Waals surface area contributed by atoms with Crippen molar-refractivity contribution in [1.82, 2.24) is 9.88 Å². The molecular formula is C15H12N4O4. The summed E-state index contributed by atoms with van der Waals surface area (Å²) in [6.45, 7) is -0.253. The molecule has 8 nitrogen and oxygen atoms in total. The van der Waals surface area contributed by atoms with Crippen LogP contribution in [0.1, 0.15) is 5.56 Å². The molecule has 0 atom stereocenters. The second-order valence-electron chi connectivity index (χ2n) is 4.61. The van der Waals surface area contributed by atoms with Gasteiger partial charge in [0.25, 0.3) is 11.2 Å². The minimum absolute atomic E-state index is 0.0809. The number of hydrogen-bond donors (Lipinski definition) is 1. The number of nitriles is 1. The fourth-order valence-electron chi connectivity index (χ4n) is 2.05. The zero-order chi connectivity index (χ0) is 17.0. The van der Waals surface area contributed by atoms with E-state index < -0.39 is 16.4 Å². The number of amides is 1. The minimum atomic E-state index is -0.591. The average molecular weight is 312 g/mol. The van der Waals surface area contributed by atoms with Crippen LogP contribution in [0.2, 0.25) is 0 Å². The standard InChI is InChI=1S/C15H12N4O4/c1-17-14(20)9-18-13(7-4-11(8-16)15(18)21)10-2-5-12(6-3-10)19(22)23/h2-7H,9H2,1H3,(H,17,20). The SMILES string of the molecule is CNC(=O)Cn1c(-c2ccc([N+](=O)[O-])cc2)ccc(C#N)c1=O. The van der Waals surface area contributed by atoms with Crippen LogP contribution in [0.5, 0.6) is 0 Å². The van der Waals surface area contributed by atoms with E-state index in [4.69, 9.17) is 5.26 Å². The molecule has 1 N–H and O–H groups in total. The van der Waals surface area contributed by atoms with Crippen LogP contribution in [-0.2, 0) is 11.3 Å². The van der Waals surface area contributed by atoms with E-state index in [1.807, 2.05) is 0 Å². The third-order valence-electron chi connectivity index (χ3n) is 3.25. The summed E-state index contributed by atoms with van der Waals surface area (Å²) in [4.78, 5) is 34.1. The van der Waals surface area contributed by atoms with Crippen molar-refractivity contribution < 1.29 is 9.72 Å². The van der Waals surface area contributed by atoms with E-state index in [1.54, 1.807) is 6.07 Å². The molecule has 1 aromatic carbocycles. The van der Waals surface area contributed by atoms with Gasteiger partial charge in [0.15, 0.2) is 0 Å². The van der Waals surface area contributed by atoms with Gasteiger partial charge in [0, 0.05) is 19.2 Å². The third kappa shape index (κ3) is 3.24. The van der Waals surface area contributed by atoms with Gasteiger partial charge in [-0.25, -0.2) is 0 Å². The number of aromatic nitrogens is 1. The van der Waals surface area contributed by atoms with Crippen LogP contribution in [0, 0.1) is 21.4 Å². The van der Waals surface area contributed by atoms with Gasteiger partial charge in [-0.2, -0.15) is 5.26 Å². The second-order valence-corrected chi connectivity index (χ2v) is 4.61. The molecule has 23 heavy (non-hydrogen) atoms.